The summed E-state index contributed by atoms with van der Waals surface area (Å²) in [4.78, 5) is 19.6. The molecule has 0 radical (unpaired) electrons. The number of anilines is 2. The summed E-state index contributed by atoms with van der Waals surface area (Å²) in [5.41, 5.74) is 3.30. The predicted octanol–water partition coefficient (Wildman–Crippen LogP) is 3.33. The molecule has 7 nitrogen and oxygen atoms in total. The van der Waals surface area contributed by atoms with Gasteiger partial charge in [0.1, 0.15) is 5.82 Å². The lowest BCUT2D eigenvalue weighted by Gasteiger charge is -2.09. The van der Waals surface area contributed by atoms with Crippen molar-refractivity contribution in [3.63, 3.8) is 0 Å². The molecule has 1 aromatic carbocycles. The van der Waals surface area contributed by atoms with Crippen molar-refractivity contribution >= 4 is 46.1 Å². The lowest BCUT2D eigenvalue weighted by atomic mass is 10.1. The van der Waals surface area contributed by atoms with Crippen LogP contribution >= 0.6 is 11.6 Å². The summed E-state index contributed by atoms with van der Waals surface area (Å²) < 4.78 is 0. The van der Waals surface area contributed by atoms with Crippen molar-refractivity contribution in [1.29, 1.82) is 0 Å². The molecule has 0 fully saturated rings. The number of halogens is 1. The molecular formula is C19H19ClN6O. The van der Waals surface area contributed by atoms with E-state index in [9.17, 15) is 4.79 Å². The first-order valence-corrected chi connectivity index (χ1v) is 8.94. The summed E-state index contributed by atoms with van der Waals surface area (Å²) in [6.07, 6.45) is 3.77. The monoisotopic (exact) mass is 382 g/mol. The Morgan fingerprint density at radius 1 is 1.33 bits per heavy atom. The summed E-state index contributed by atoms with van der Waals surface area (Å²) >= 11 is 6.31. The minimum absolute atomic E-state index is 0.178. The Bertz CT molecular complexity index is 1040. The number of nitrogens with one attached hydrogen (secondary N) is 3. The van der Waals surface area contributed by atoms with Crippen molar-refractivity contribution in [3.8, 4) is 0 Å². The van der Waals surface area contributed by atoms with E-state index in [0.29, 0.717) is 22.1 Å². The number of rotatable bonds is 4. The second kappa shape index (κ2) is 6.92. The highest BCUT2D eigenvalue weighted by atomic mass is 35.5. The minimum atomic E-state index is -0.178. The van der Waals surface area contributed by atoms with Gasteiger partial charge in [-0.1, -0.05) is 11.6 Å². The summed E-state index contributed by atoms with van der Waals surface area (Å²) in [7, 11) is 3.55. The zero-order valence-electron chi connectivity index (χ0n) is 15.0. The second-order valence-corrected chi connectivity index (χ2v) is 6.90. The van der Waals surface area contributed by atoms with Gasteiger partial charge in [-0.2, -0.15) is 5.10 Å². The molecule has 27 heavy (non-hydrogen) atoms. The van der Waals surface area contributed by atoms with Gasteiger partial charge < -0.3 is 15.6 Å². The highest BCUT2D eigenvalue weighted by Crippen LogP contribution is 2.28. The first-order chi connectivity index (χ1) is 13.0. The van der Waals surface area contributed by atoms with Crippen molar-refractivity contribution < 1.29 is 4.79 Å². The molecule has 3 N–H and O–H groups in total. The van der Waals surface area contributed by atoms with Gasteiger partial charge in [-0.3, -0.25) is 9.80 Å². The van der Waals surface area contributed by atoms with E-state index in [1.54, 1.807) is 25.2 Å². The highest BCUT2D eigenvalue weighted by molar-refractivity contribution is 6.33. The number of likely N-dealkylation sites (N-methyl/N-ethyl adjacent to an activating group) is 1. The van der Waals surface area contributed by atoms with E-state index < -0.39 is 0 Å². The van der Waals surface area contributed by atoms with Gasteiger partial charge in [-0.15, -0.1) is 0 Å². The van der Waals surface area contributed by atoms with Crippen molar-refractivity contribution in [2.24, 2.45) is 5.10 Å². The summed E-state index contributed by atoms with van der Waals surface area (Å²) in [5, 5.41) is 13.5. The topological polar surface area (TPSA) is 85.4 Å². The SMILES string of the molecule is CNC(=O)c1ccc(Nc2cc3[nH]c(C4C=NN(C)C4)cc3cn2)c(Cl)c1. The molecule has 3 aromatic rings. The number of fused-ring (bicyclic) bond motifs is 1. The number of hydrazone groups is 1. The molecule has 8 heteroatoms. The Morgan fingerprint density at radius 3 is 2.89 bits per heavy atom. The van der Waals surface area contributed by atoms with Crippen LogP contribution in [0.15, 0.2) is 41.6 Å². The molecule has 3 heterocycles. The average Bonchev–Trinajstić information content (AvgIpc) is 3.28. The maximum atomic E-state index is 11.7. The van der Waals surface area contributed by atoms with Crippen LogP contribution in [0.4, 0.5) is 11.5 Å². The Morgan fingerprint density at radius 2 is 2.19 bits per heavy atom. The lowest BCUT2D eigenvalue weighted by molar-refractivity contribution is 0.0963. The van der Waals surface area contributed by atoms with Gasteiger partial charge in [-0.25, -0.2) is 4.98 Å². The van der Waals surface area contributed by atoms with Gasteiger partial charge in [0.25, 0.3) is 5.91 Å². The zero-order valence-corrected chi connectivity index (χ0v) is 15.7. The van der Waals surface area contributed by atoms with Crippen molar-refractivity contribution in [1.82, 2.24) is 20.3 Å². The molecule has 0 bridgehead atoms. The molecule has 4 rings (SSSR count). The quantitative estimate of drug-likeness (QED) is 0.646. The fourth-order valence-electron chi connectivity index (χ4n) is 3.11. The summed E-state index contributed by atoms with van der Waals surface area (Å²) in [6, 6.07) is 9.16. The Kier molecular flexibility index (Phi) is 4.45. The van der Waals surface area contributed by atoms with E-state index >= 15 is 0 Å². The van der Waals surface area contributed by atoms with Crippen LogP contribution in [0.3, 0.4) is 0 Å². The smallest absolute Gasteiger partial charge is 0.251 e. The third-order valence-electron chi connectivity index (χ3n) is 4.55. The molecule has 1 amide bonds. The molecule has 1 aliphatic rings. The van der Waals surface area contributed by atoms with Gasteiger partial charge in [0, 0.05) is 55.8 Å². The minimum Gasteiger partial charge on any atom is -0.358 e. The van der Waals surface area contributed by atoms with Crippen LogP contribution in [0, 0.1) is 0 Å². The average molecular weight is 383 g/mol. The van der Waals surface area contributed by atoms with E-state index in [-0.39, 0.29) is 11.8 Å². The van der Waals surface area contributed by atoms with Gasteiger partial charge in [0.05, 0.1) is 22.1 Å². The number of nitrogens with zero attached hydrogens (tertiary/aromatic N) is 3. The number of carbonyl (C=O) groups is 1. The van der Waals surface area contributed by atoms with Crippen LogP contribution in [0.1, 0.15) is 22.0 Å². The van der Waals surface area contributed by atoms with Crippen molar-refractivity contribution in [2.45, 2.75) is 5.92 Å². The van der Waals surface area contributed by atoms with E-state index in [1.165, 1.54) is 0 Å². The first-order valence-electron chi connectivity index (χ1n) is 8.56. The van der Waals surface area contributed by atoms with Gasteiger partial charge >= 0.3 is 0 Å². The number of amides is 1. The van der Waals surface area contributed by atoms with Crippen LogP contribution in [-0.4, -0.2) is 47.7 Å². The number of H-pyrrole nitrogens is 1. The van der Waals surface area contributed by atoms with Crippen LogP contribution < -0.4 is 10.6 Å². The fourth-order valence-corrected chi connectivity index (χ4v) is 3.34. The highest BCUT2D eigenvalue weighted by Gasteiger charge is 2.19. The summed E-state index contributed by atoms with van der Waals surface area (Å²) in [5.74, 6) is 0.746. The largest absolute Gasteiger partial charge is 0.358 e. The van der Waals surface area contributed by atoms with E-state index in [4.69, 9.17) is 11.6 Å². The Balaban J connectivity index is 1.57. The third-order valence-corrected chi connectivity index (χ3v) is 4.86. The first kappa shape index (κ1) is 17.4. The molecule has 138 valence electrons. The molecule has 2 aromatic heterocycles. The summed E-state index contributed by atoms with van der Waals surface area (Å²) in [6.45, 7) is 0.860. The molecule has 0 saturated carbocycles. The van der Waals surface area contributed by atoms with Crippen molar-refractivity contribution in [2.75, 3.05) is 26.0 Å². The molecule has 1 aliphatic heterocycles. The predicted molar refractivity (Wildman–Crippen MR) is 108 cm³/mol. The van der Waals surface area contributed by atoms with Crippen LogP contribution in [0.2, 0.25) is 5.02 Å². The molecule has 0 saturated heterocycles. The van der Waals surface area contributed by atoms with Crippen LogP contribution in [0.5, 0.6) is 0 Å². The number of hydrogen-bond acceptors (Lipinski definition) is 5. The Hall–Kier alpha value is -3.06. The lowest BCUT2D eigenvalue weighted by Crippen LogP contribution is -2.17. The number of hydrogen-bond donors (Lipinski definition) is 3. The number of carbonyl (C=O) groups excluding carboxylic acids is 1. The normalized spacial score (nSPS) is 16.1. The van der Waals surface area contributed by atoms with Gasteiger partial charge in [-0.05, 0) is 24.3 Å². The van der Waals surface area contributed by atoms with E-state index in [1.807, 2.05) is 30.5 Å². The number of aromatic nitrogens is 2. The zero-order chi connectivity index (χ0) is 19.0. The van der Waals surface area contributed by atoms with E-state index in [0.717, 1.165) is 23.1 Å². The van der Waals surface area contributed by atoms with Gasteiger partial charge in [0.2, 0.25) is 0 Å². The second-order valence-electron chi connectivity index (χ2n) is 6.49. The molecule has 0 aliphatic carbocycles. The van der Waals surface area contributed by atoms with Crippen LogP contribution in [0.25, 0.3) is 10.9 Å². The fraction of sp³-hybridized carbons (Fsp3) is 0.211. The van der Waals surface area contributed by atoms with Crippen molar-refractivity contribution in [3.05, 3.63) is 52.8 Å². The number of aromatic amines is 1. The van der Waals surface area contributed by atoms with Crippen LogP contribution in [-0.2, 0) is 0 Å². The third kappa shape index (κ3) is 3.46. The molecule has 1 atom stereocenters. The molecular weight excluding hydrogens is 364 g/mol. The van der Waals surface area contributed by atoms with E-state index in [2.05, 4.69) is 31.8 Å². The maximum absolute atomic E-state index is 11.7. The number of benzene rings is 1. The molecule has 0 spiro atoms. The number of pyridine rings is 1. The maximum Gasteiger partial charge on any atom is 0.251 e. The van der Waals surface area contributed by atoms with Gasteiger partial charge in [0.15, 0.2) is 0 Å². The standard InChI is InChI=1S/C19H19ClN6O/c1-21-19(27)11-3-4-15(14(20)5-11)25-18-7-17-12(8-22-18)6-16(24-17)13-9-23-26(2)10-13/h3-9,13,24H,10H2,1-2H3,(H,21,27)(H,22,25). The Labute approximate surface area is 161 Å². The molecule has 1 unspecified atom stereocenters.